The van der Waals surface area contributed by atoms with Gasteiger partial charge in [-0.3, -0.25) is 0 Å². The number of ether oxygens (including phenoxy) is 1. The second kappa shape index (κ2) is 4.48. The number of furan rings is 1. The minimum absolute atomic E-state index is 0.0353. The molecular formula is C9H8BrN3O3. The largest absolute Gasteiger partial charge is 0.463 e. The van der Waals surface area contributed by atoms with E-state index in [0.717, 1.165) is 0 Å². The van der Waals surface area contributed by atoms with Crippen LogP contribution < -0.4 is 0 Å². The number of halogens is 1. The summed E-state index contributed by atoms with van der Waals surface area (Å²) in [7, 11) is 1.28. The van der Waals surface area contributed by atoms with E-state index >= 15 is 0 Å². The molecule has 0 saturated heterocycles. The van der Waals surface area contributed by atoms with Crippen LogP contribution in [0.1, 0.15) is 16.4 Å². The molecule has 0 saturated carbocycles. The maximum atomic E-state index is 11.1. The summed E-state index contributed by atoms with van der Waals surface area (Å²) in [5, 5.41) is 3.94. The van der Waals surface area contributed by atoms with Crippen molar-refractivity contribution >= 4 is 21.9 Å². The molecular weight excluding hydrogens is 278 g/mol. The first-order valence-electron chi connectivity index (χ1n) is 4.41. The second-order valence-electron chi connectivity index (χ2n) is 2.96. The fraction of sp³-hybridized carbons (Fsp3) is 0.222. The van der Waals surface area contributed by atoms with E-state index in [1.54, 1.807) is 6.07 Å². The fourth-order valence-electron chi connectivity index (χ4n) is 1.15. The van der Waals surface area contributed by atoms with Crippen LogP contribution in [0, 0.1) is 0 Å². The summed E-state index contributed by atoms with van der Waals surface area (Å²) in [5.74, 6) is 0.195. The van der Waals surface area contributed by atoms with Crippen molar-refractivity contribution in [3.63, 3.8) is 0 Å². The van der Waals surface area contributed by atoms with Crippen molar-refractivity contribution < 1.29 is 13.9 Å². The molecule has 0 aromatic carbocycles. The van der Waals surface area contributed by atoms with E-state index in [4.69, 9.17) is 4.42 Å². The van der Waals surface area contributed by atoms with Gasteiger partial charge in [0.05, 0.1) is 7.11 Å². The van der Waals surface area contributed by atoms with E-state index < -0.39 is 5.97 Å². The van der Waals surface area contributed by atoms with E-state index in [2.05, 4.69) is 30.7 Å². The SMILES string of the molecule is COC(=O)c1ncn(Cc2ccc(Br)o2)n1. The predicted octanol–water partition coefficient (Wildman–Crippen LogP) is 1.47. The molecule has 0 aliphatic carbocycles. The number of methoxy groups -OCH3 is 1. The van der Waals surface area contributed by atoms with Gasteiger partial charge in [0.25, 0.3) is 5.82 Å². The number of nitrogens with zero attached hydrogens (tertiary/aromatic N) is 3. The van der Waals surface area contributed by atoms with Gasteiger partial charge in [-0.25, -0.2) is 14.5 Å². The second-order valence-corrected chi connectivity index (χ2v) is 3.74. The highest BCUT2D eigenvalue weighted by atomic mass is 79.9. The molecule has 2 aromatic heterocycles. The highest BCUT2D eigenvalue weighted by Gasteiger charge is 2.11. The Morgan fingerprint density at radius 1 is 1.62 bits per heavy atom. The van der Waals surface area contributed by atoms with Gasteiger partial charge in [0, 0.05) is 0 Å². The van der Waals surface area contributed by atoms with Crippen LogP contribution in [-0.2, 0) is 11.3 Å². The molecule has 84 valence electrons. The number of carbonyl (C=O) groups is 1. The summed E-state index contributed by atoms with van der Waals surface area (Å²) >= 11 is 3.20. The van der Waals surface area contributed by atoms with Crippen molar-refractivity contribution in [2.45, 2.75) is 6.54 Å². The number of esters is 1. The van der Waals surface area contributed by atoms with E-state index in [1.807, 2.05) is 6.07 Å². The zero-order chi connectivity index (χ0) is 11.5. The van der Waals surface area contributed by atoms with Gasteiger partial charge in [-0.15, -0.1) is 5.10 Å². The average Bonchev–Trinajstić information content (AvgIpc) is 2.87. The van der Waals surface area contributed by atoms with Crippen molar-refractivity contribution in [1.82, 2.24) is 14.8 Å². The third-order valence-corrected chi connectivity index (χ3v) is 2.28. The lowest BCUT2D eigenvalue weighted by Gasteiger charge is -1.95. The van der Waals surface area contributed by atoms with Gasteiger partial charge in [0.15, 0.2) is 4.67 Å². The van der Waals surface area contributed by atoms with E-state index in [-0.39, 0.29) is 5.82 Å². The normalized spacial score (nSPS) is 10.4. The summed E-state index contributed by atoms with van der Waals surface area (Å²) in [6.07, 6.45) is 1.45. The van der Waals surface area contributed by atoms with Gasteiger partial charge in [0.1, 0.15) is 18.6 Å². The van der Waals surface area contributed by atoms with Gasteiger partial charge in [-0.1, -0.05) is 0 Å². The maximum Gasteiger partial charge on any atom is 0.377 e. The average molecular weight is 286 g/mol. The van der Waals surface area contributed by atoms with Crippen LogP contribution >= 0.6 is 15.9 Å². The van der Waals surface area contributed by atoms with Gasteiger partial charge < -0.3 is 9.15 Å². The summed E-state index contributed by atoms with van der Waals surface area (Å²) in [6.45, 7) is 0.412. The molecule has 0 fully saturated rings. The van der Waals surface area contributed by atoms with Crippen LogP contribution in [-0.4, -0.2) is 27.8 Å². The first-order chi connectivity index (χ1) is 7.69. The van der Waals surface area contributed by atoms with Crippen LogP contribution in [0.25, 0.3) is 0 Å². The number of hydrogen-bond acceptors (Lipinski definition) is 5. The minimum Gasteiger partial charge on any atom is -0.463 e. The van der Waals surface area contributed by atoms with E-state index in [1.165, 1.54) is 18.1 Å². The Hall–Kier alpha value is -1.63. The Morgan fingerprint density at radius 3 is 3.06 bits per heavy atom. The van der Waals surface area contributed by atoms with Crippen LogP contribution in [0.5, 0.6) is 0 Å². The summed E-state index contributed by atoms with van der Waals surface area (Å²) in [4.78, 5) is 14.9. The number of rotatable bonds is 3. The lowest BCUT2D eigenvalue weighted by Crippen LogP contribution is -2.06. The topological polar surface area (TPSA) is 70.2 Å². The highest BCUT2D eigenvalue weighted by Crippen LogP contribution is 2.14. The van der Waals surface area contributed by atoms with E-state index in [9.17, 15) is 4.79 Å². The van der Waals surface area contributed by atoms with Crippen molar-refractivity contribution in [1.29, 1.82) is 0 Å². The van der Waals surface area contributed by atoms with Gasteiger partial charge in [-0.05, 0) is 28.1 Å². The Labute approximate surface area is 99.3 Å². The molecule has 2 aromatic rings. The molecule has 0 aliphatic heterocycles. The molecule has 2 rings (SSSR count). The number of carbonyl (C=O) groups excluding carboxylic acids is 1. The van der Waals surface area contributed by atoms with Crippen molar-refractivity contribution in [3.8, 4) is 0 Å². The molecule has 16 heavy (non-hydrogen) atoms. The Kier molecular flexibility index (Phi) is 3.04. The van der Waals surface area contributed by atoms with Crippen LogP contribution in [0.2, 0.25) is 0 Å². The molecule has 0 aliphatic rings. The van der Waals surface area contributed by atoms with Crippen molar-refractivity contribution in [2.24, 2.45) is 0 Å². The molecule has 0 atom stereocenters. The first kappa shape index (κ1) is 10.9. The molecule has 6 nitrogen and oxygen atoms in total. The molecule has 0 unspecified atom stereocenters. The Bertz CT molecular complexity index is 506. The Balaban J connectivity index is 2.11. The standard InChI is InChI=1S/C9H8BrN3O3/c1-15-9(14)8-11-5-13(12-8)4-6-2-3-7(10)16-6/h2-3,5H,4H2,1H3. The lowest BCUT2D eigenvalue weighted by molar-refractivity contribution is 0.0586. The van der Waals surface area contributed by atoms with Crippen LogP contribution in [0.4, 0.5) is 0 Å². The number of aromatic nitrogens is 3. The molecule has 7 heteroatoms. The fourth-order valence-corrected chi connectivity index (χ4v) is 1.49. The third kappa shape index (κ3) is 2.30. The quantitative estimate of drug-likeness (QED) is 0.799. The summed E-state index contributed by atoms with van der Waals surface area (Å²) < 4.78 is 11.9. The summed E-state index contributed by atoms with van der Waals surface area (Å²) in [6, 6.07) is 3.59. The monoisotopic (exact) mass is 285 g/mol. The third-order valence-electron chi connectivity index (χ3n) is 1.85. The minimum atomic E-state index is -0.556. The maximum absolute atomic E-state index is 11.1. The zero-order valence-corrected chi connectivity index (χ0v) is 9.97. The van der Waals surface area contributed by atoms with Crippen LogP contribution in [0.15, 0.2) is 27.5 Å². The number of hydrogen-bond donors (Lipinski definition) is 0. The predicted molar refractivity (Wildman–Crippen MR) is 56.9 cm³/mol. The molecule has 0 radical (unpaired) electrons. The molecule has 0 N–H and O–H groups in total. The molecule has 0 amide bonds. The van der Waals surface area contributed by atoms with Crippen molar-refractivity contribution in [3.05, 3.63) is 34.7 Å². The molecule has 0 spiro atoms. The van der Waals surface area contributed by atoms with Crippen molar-refractivity contribution in [2.75, 3.05) is 7.11 Å². The zero-order valence-electron chi connectivity index (χ0n) is 8.38. The smallest absolute Gasteiger partial charge is 0.377 e. The first-order valence-corrected chi connectivity index (χ1v) is 5.20. The molecule has 2 heterocycles. The summed E-state index contributed by atoms with van der Waals surface area (Å²) in [5.41, 5.74) is 0. The van der Waals surface area contributed by atoms with E-state index in [0.29, 0.717) is 17.0 Å². The van der Waals surface area contributed by atoms with Gasteiger partial charge in [-0.2, -0.15) is 0 Å². The van der Waals surface area contributed by atoms with Crippen LogP contribution in [0.3, 0.4) is 0 Å². The lowest BCUT2D eigenvalue weighted by atomic mass is 10.4. The molecule has 0 bridgehead atoms. The van der Waals surface area contributed by atoms with Gasteiger partial charge >= 0.3 is 5.97 Å². The Morgan fingerprint density at radius 2 is 2.44 bits per heavy atom. The van der Waals surface area contributed by atoms with Gasteiger partial charge in [0.2, 0.25) is 0 Å². The highest BCUT2D eigenvalue weighted by molar-refractivity contribution is 9.10.